The van der Waals surface area contributed by atoms with Crippen molar-refractivity contribution in [3.05, 3.63) is 36.5 Å². The minimum Gasteiger partial charge on any atom is -0.258 e. The predicted molar refractivity (Wildman–Crippen MR) is 46.6 cm³/mol. The molecular weight excluding hydrogens is 144 g/mol. The van der Waals surface area contributed by atoms with Crippen molar-refractivity contribution >= 4 is 17.8 Å². The third-order valence-corrected chi connectivity index (χ3v) is 1.44. The summed E-state index contributed by atoms with van der Waals surface area (Å²) >= 11 is 0.954. The maximum Gasteiger partial charge on any atom is 0.0794 e. The van der Waals surface area contributed by atoms with Gasteiger partial charge in [-0.2, -0.15) is 4.40 Å². The zero-order valence-corrected chi connectivity index (χ0v) is 6.27. The molecule has 0 aromatic carbocycles. The van der Waals surface area contributed by atoms with Gasteiger partial charge in [-0.1, -0.05) is 24.8 Å². The molecule has 3 heteroatoms. The van der Waals surface area contributed by atoms with Crippen LogP contribution in [-0.4, -0.2) is 5.71 Å². The molecule has 0 saturated heterocycles. The monoisotopic (exact) mass is 152 g/mol. The third kappa shape index (κ3) is 1.59. The average Bonchev–Trinajstić information content (AvgIpc) is 1.94. The maximum atomic E-state index is 5.15. The molecule has 52 valence electrons. The minimum absolute atomic E-state index is 0.843. The second kappa shape index (κ2) is 3.39. The van der Waals surface area contributed by atoms with E-state index in [1.807, 2.05) is 24.3 Å². The molecule has 0 radical (unpaired) electrons. The number of hydrogen-bond acceptors (Lipinski definition) is 3. The highest BCUT2D eigenvalue weighted by Gasteiger charge is 1.98. The van der Waals surface area contributed by atoms with Crippen LogP contribution < -0.4 is 5.14 Å². The van der Waals surface area contributed by atoms with Crippen LogP contribution in [-0.2, 0) is 0 Å². The Kier molecular flexibility index (Phi) is 2.48. The first-order chi connectivity index (χ1) is 4.84. The van der Waals surface area contributed by atoms with Gasteiger partial charge in [0.15, 0.2) is 0 Å². The third-order valence-electron chi connectivity index (χ3n) is 1.14. The predicted octanol–water partition coefficient (Wildman–Crippen LogP) is 1.63. The van der Waals surface area contributed by atoms with Crippen LogP contribution in [0.15, 0.2) is 40.9 Å². The van der Waals surface area contributed by atoms with E-state index in [-0.39, 0.29) is 0 Å². The second-order valence-electron chi connectivity index (χ2n) is 1.83. The molecule has 0 fully saturated rings. The molecule has 0 aliphatic heterocycles. The summed E-state index contributed by atoms with van der Waals surface area (Å²) in [6, 6.07) is 0. The van der Waals surface area contributed by atoms with Crippen molar-refractivity contribution in [2.24, 2.45) is 9.54 Å². The van der Waals surface area contributed by atoms with Gasteiger partial charge >= 0.3 is 0 Å². The highest BCUT2D eigenvalue weighted by molar-refractivity contribution is 7.95. The van der Waals surface area contributed by atoms with E-state index < -0.39 is 0 Å². The molecule has 1 aliphatic carbocycles. The van der Waals surface area contributed by atoms with E-state index in [2.05, 4.69) is 11.0 Å². The fraction of sp³-hybridized carbons (Fsp3) is 0. The number of nitrogens with two attached hydrogens (primary N) is 1. The molecule has 0 atom stereocenters. The molecule has 1 rings (SSSR count). The van der Waals surface area contributed by atoms with Gasteiger partial charge in [0.05, 0.1) is 17.8 Å². The standard InChI is InChI=1S/C7H8N2S/c1-6-4-2-3-5-7(6)9-10-8/h2-5H,1,8H2/b9-7-. The lowest BCUT2D eigenvalue weighted by Gasteiger charge is -2.01. The molecule has 2 nitrogen and oxygen atoms in total. The van der Waals surface area contributed by atoms with E-state index in [1.165, 1.54) is 0 Å². The van der Waals surface area contributed by atoms with Crippen LogP contribution in [0.3, 0.4) is 0 Å². The Hall–Kier alpha value is -0.800. The first kappa shape index (κ1) is 7.31. The molecule has 0 heterocycles. The molecule has 0 aromatic heterocycles. The zero-order valence-electron chi connectivity index (χ0n) is 5.45. The molecule has 0 amide bonds. The topological polar surface area (TPSA) is 38.4 Å². The van der Waals surface area contributed by atoms with Crippen LogP contribution in [0.25, 0.3) is 0 Å². The van der Waals surface area contributed by atoms with Crippen molar-refractivity contribution in [2.45, 2.75) is 0 Å². The highest BCUT2D eigenvalue weighted by atomic mass is 32.2. The van der Waals surface area contributed by atoms with Crippen molar-refractivity contribution in [3.8, 4) is 0 Å². The molecule has 0 saturated carbocycles. The van der Waals surface area contributed by atoms with Crippen LogP contribution in [0, 0.1) is 0 Å². The van der Waals surface area contributed by atoms with Crippen LogP contribution in [0.5, 0.6) is 0 Å². The van der Waals surface area contributed by atoms with Crippen molar-refractivity contribution in [3.63, 3.8) is 0 Å². The van der Waals surface area contributed by atoms with Gasteiger partial charge in [-0.25, -0.2) is 0 Å². The lowest BCUT2D eigenvalue weighted by molar-refractivity contribution is 1.70. The molecular formula is C7H8N2S. The smallest absolute Gasteiger partial charge is 0.0794 e. The summed E-state index contributed by atoms with van der Waals surface area (Å²) < 4.78 is 3.94. The van der Waals surface area contributed by atoms with Gasteiger partial charge in [-0.05, 0) is 11.6 Å². The van der Waals surface area contributed by atoms with Crippen LogP contribution in [0.2, 0.25) is 0 Å². The Morgan fingerprint density at radius 1 is 1.40 bits per heavy atom. The molecule has 0 aromatic rings. The number of allylic oxidation sites excluding steroid dienone is 5. The summed E-state index contributed by atoms with van der Waals surface area (Å²) in [5, 5.41) is 5.15. The fourth-order valence-electron chi connectivity index (χ4n) is 0.657. The average molecular weight is 152 g/mol. The van der Waals surface area contributed by atoms with Crippen molar-refractivity contribution in [1.29, 1.82) is 0 Å². The SMILES string of the molecule is C=C1C=CC=C/C1=N/SN. The van der Waals surface area contributed by atoms with Gasteiger partial charge < -0.3 is 0 Å². The fourth-order valence-corrected chi connectivity index (χ4v) is 0.948. The number of nitrogens with zero attached hydrogens (tertiary/aromatic N) is 1. The van der Waals surface area contributed by atoms with Crippen molar-refractivity contribution in [2.75, 3.05) is 0 Å². The Labute approximate surface area is 64.5 Å². The number of rotatable bonds is 1. The quantitative estimate of drug-likeness (QED) is 0.580. The highest BCUT2D eigenvalue weighted by Crippen LogP contribution is 2.07. The van der Waals surface area contributed by atoms with E-state index in [0.717, 1.165) is 23.4 Å². The van der Waals surface area contributed by atoms with Gasteiger partial charge in [0.1, 0.15) is 0 Å². The Balaban J connectivity index is 2.80. The molecule has 0 unspecified atom stereocenters. The van der Waals surface area contributed by atoms with Gasteiger partial charge in [-0.15, -0.1) is 0 Å². The second-order valence-corrected chi connectivity index (χ2v) is 2.22. The Bertz CT molecular complexity index is 226. The largest absolute Gasteiger partial charge is 0.258 e. The van der Waals surface area contributed by atoms with Crippen molar-refractivity contribution in [1.82, 2.24) is 0 Å². The Morgan fingerprint density at radius 3 is 2.70 bits per heavy atom. The van der Waals surface area contributed by atoms with Gasteiger partial charge in [-0.3, -0.25) is 5.14 Å². The summed E-state index contributed by atoms with van der Waals surface area (Å²) in [4.78, 5) is 0. The maximum absolute atomic E-state index is 5.15. The van der Waals surface area contributed by atoms with Gasteiger partial charge in [0.25, 0.3) is 0 Å². The van der Waals surface area contributed by atoms with E-state index in [4.69, 9.17) is 5.14 Å². The number of hydrogen-bond donors (Lipinski definition) is 1. The van der Waals surface area contributed by atoms with E-state index in [9.17, 15) is 0 Å². The zero-order chi connectivity index (χ0) is 7.40. The molecule has 2 N–H and O–H groups in total. The lowest BCUT2D eigenvalue weighted by Crippen LogP contribution is -1.97. The van der Waals surface area contributed by atoms with Gasteiger partial charge in [0, 0.05) is 0 Å². The molecule has 1 aliphatic rings. The summed E-state index contributed by atoms with van der Waals surface area (Å²) in [7, 11) is 0. The first-order valence-electron chi connectivity index (χ1n) is 2.82. The van der Waals surface area contributed by atoms with Crippen LogP contribution in [0.4, 0.5) is 0 Å². The summed E-state index contributed by atoms with van der Waals surface area (Å²) in [5.74, 6) is 0. The Morgan fingerprint density at radius 2 is 2.10 bits per heavy atom. The van der Waals surface area contributed by atoms with Crippen molar-refractivity contribution < 1.29 is 0 Å². The normalized spacial score (nSPS) is 20.5. The molecule has 0 spiro atoms. The molecule has 10 heavy (non-hydrogen) atoms. The molecule has 0 bridgehead atoms. The van der Waals surface area contributed by atoms with Crippen LogP contribution >= 0.6 is 12.1 Å². The van der Waals surface area contributed by atoms with E-state index in [0.29, 0.717) is 0 Å². The van der Waals surface area contributed by atoms with Gasteiger partial charge in [0.2, 0.25) is 0 Å². The van der Waals surface area contributed by atoms with Crippen LogP contribution in [0.1, 0.15) is 0 Å². The lowest BCUT2D eigenvalue weighted by atomic mass is 10.1. The van der Waals surface area contributed by atoms with E-state index >= 15 is 0 Å². The minimum atomic E-state index is 0.843. The summed E-state index contributed by atoms with van der Waals surface area (Å²) in [6.45, 7) is 3.78. The summed E-state index contributed by atoms with van der Waals surface area (Å²) in [5.41, 5.74) is 1.75. The first-order valence-corrected chi connectivity index (χ1v) is 3.66. The summed E-state index contributed by atoms with van der Waals surface area (Å²) in [6.07, 6.45) is 7.60. The van der Waals surface area contributed by atoms with E-state index in [1.54, 1.807) is 0 Å².